The third-order valence-electron chi connectivity index (χ3n) is 5.76. The Bertz CT molecular complexity index is 873. The molecule has 1 aromatic carbocycles. The molecule has 0 radical (unpaired) electrons. The molecule has 2 saturated heterocycles. The van der Waals surface area contributed by atoms with Crippen molar-refractivity contribution in [2.45, 2.75) is 36.5 Å². The minimum Gasteiger partial charge on any atom is -0.477 e. The van der Waals surface area contributed by atoms with Crippen molar-refractivity contribution in [1.29, 1.82) is 0 Å². The Hall–Kier alpha value is -1.74. The van der Waals surface area contributed by atoms with E-state index in [-0.39, 0.29) is 17.0 Å². The van der Waals surface area contributed by atoms with Gasteiger partial charge in [0.05, 0.1) is 16.3 Å². The van der Waals surface area contributed by atoms with E-state index >= 15 is 0 Å². The summed E-state index contributed by atoms with van der Waals surface area (Å²) in [6.07, 6.45) is 5.04. The van der Waals surface area contributed by atoms with Gasteiger partial charge in [-0.25, -0.2) is 4.79 Å². The molecule has 2 fully saturated rings. The number of carboxylic acids is 1. The number of hydrogen-bond donors (Lipinski definition) is 2. The maximum atomic E-state index is 12.5. The van der Waals surface area contributed by atoms with E-state index in [0.717, 1.165) is 26.1 Å². The molecule has 0 saturated carbocycles. The van der Waals surface area contributed by atoms with Crippen LogP contribution in [-0.2, 0) is 9.59 Å². The lowest BCUT2D eigenvalue weighted by Gasteiger charge is -2.44. The zero-order chi connectivity index (χ0) is 21.3. The molecule has 6 nitrogen and oxygen atoms in total. The highest BCUT2D eigenvalue weighted by molar-refractivity contribution is 8.23. The number of thioether (sulfide) groups is 2. The van der Waals surface area contributed by atoms with Crippen LogP contribution >= 0.6 is 23.5 Å². The molecule has 30 heavy (non-hydrogen) atoms. The van der Waals surface area contributed by atoms with Crippen LogP contribution in [-0.4, -0.2) is 68.3 Å². The number of nitrogens with zero attached hydrogens (tertiary/aromatic N) is 2. The average Bonchev–Trinajstić information content (AvgIpc) is 3.31. The lowest BCUT2D eigenvalue weighted by Crippen LogP contribution is -2.61. The molecule has 3 aliphatic rings. The summed E-state index contributed by atoms with van der Waals surface area (Å²) in [5.74, 6) is -1.84. The summed E-state index contributed by atoms with van der Waals surface area (Å²) in [5, 5.41) is 19.9. The Balaban J connectivity index is 1.36. The summed E-state index contributed by atoms with van der Waals surface area (Å²) >= 11 is 3.01. The zero-order valence-electron chi connectivity index (χ0n) is 16.8. The molecule has 3 aliphatic heterocycles. The molecule has 3 heterocycles. The van der Waals surface area contributed by atoms with Gasteiger partial charge in [-0.3, -0.25) is 14.6 Å². The van der Waals surface area contributed by atoms with Crippen molar-refractivity contribution in [3.05, 3.63) is 51.9 Å². The van der Waals surface area contributed by atoms with Gasteiger partial charge in [0.1, 0.15) is 5.37 Å². The molecule has 160 valence electrons. The van der Waals surface area contributed by atoms with Gasteiger partial charge in [0, 0.05) is 18.3 Å². The summed E-state index contributed by atoms with van der Waals surface area (Å²) in [6, 6.07) is 10.2. The molecule has 4 atom stereocenters. The first kappa shape index (κ1) is 21.5. The smallest absolute Gasteiger partial charge is 0.354 e. The van der Waals surface area contributed by atoms with Crippen molar-refractivity contribution >= 4 is 41.5 Å². The van der Waals surface area contributed by atoms with Crippen LogP contribution in [0.4, 0.5) is 0 Å². The summed E-state index contributed by atoms with van der Waals surface area (Å²) in [4.78, 5) is 28.0. The fourth-order valence-electron chi connectivity index (χ4n) is 4.11. The Kier molecular flexibility index (Phi) is 6.57. The van der Waals surface area contributed by atoms with Gasteiger partial charge in [0.25, 0.3) is 0 Å². The van der Waals surface area contributed by atoms with Crippen molar-refractivity contribution in [1.82, 2.24) is 9.80 Å². The van der Waals surface area contributed by atoms with Crippen LogP contribution in [0.2, 0.25) is 0 Å². The fraction of sp³-hybridized carbons (Fsp3) is 0.455. The highest BCUT2D eigenvalue weighted by Crippen LogP contribution is 2.55. The van der Waals surface area contributed by atoms with Crippen LogP contribution < -0.4 is 0 Å². The summed E-state index contributed by atoms with van der Waals surface area (Å²) in [6.45, 7) is 4.56. The largest absolute Gasteiger partial charge is 0.477 e. The van der Waals surface area contributed by atoms with E-state index in [9.17, 15) is 19.8 Å². The Morgan fingerprint density at radius 2 is 2.13 bits per heavy atom. The van der Waals surface area contributed by atoms with Gasteiger partial charge in [-0.2, -0.15) is 0 Å². The second-order valence-electron chi connectivity index (χ2n) is 7.76. The molecule has 0 aliphatic carbocycles. The van der Waals surface area contributed by atoms with Gasteiger partial charge in [0.15, 0.2) is 5.70 Å². The number of carbonyl (C=O) groups excluding carboxylic acids is 1. The van der Waals surface area contributed by atoms with Gasteiger partial charge in [-0.1, -0.05) is 61.2 Å². The number of aliphatic hydroxyl groups excluding tert-OH is 1. The second-order valence-corrected chi connectivity index (χ2v) is 10.5. The standard InChI is InChI=1S/C22H26N2O4S2/c1-2-16(25)17-19(26)24-18(21(27)28)22(30-20(17)24)29-15-10-12-23(13-15)11-6-9-14-7-4-3-5-8-14/h3-9,15-17,20,25H,2,10-13H2,1H3,(H,27,28)/b9-6+/t15?,16-,17+,20+/m0/s1. The van der Waals surface area contributed by atoms with Crippen LogP contribution in [0.25, 0.3) is 6.08 Å². The molecule has 0 aromatic heterocycles. The van der Waals surface area contributed by atoms with Crippen LogP contribution in [0.3, 0.4) is 0 Å². The number of aliphatic hydroxyl groups is 1. The third-order valence-corrected chi connectivity index (χ3v) is 8.61. The van der Waals surface area contributed by atoms with Crippen molar-refractivity contribution in [2.75, 3.05) is 19.6 Å². The van der Waals surface area contributed by atoms with Crippen LogP contribution in [0.5, 0.6) is 0 Å². The highest BCUT2D eigenvalue weighted by atomic mass is 32.2. The van der Waals surface area contributed by atoms with E-state index in [4.69, 9.17) is 0 Å². The predicted octanol–water partition coefficient (Wildman–Crippen LogP) is 3.06. The number of hydrogen-bond acceptors (Lipinski definition) is 6. The zero-order valence-corrected chi connectivity index (χ0v) is 18.4. The number of benzene rings is 1. The SMILES string of the molecule is CC[C@H](O)[C@@H]1C(=O)N2C(C(=O)O)=C(SC3CCN(C/C=C/c4ccccc4)C3)S[C@H]12. The minimum absolute atomic E-state index is 0.0991. The average molecular weight is 447 g/mol. The van der Waals surface area contributed by atoms with Gasteiger partial charge in [-0.15, -0.1) is 11.8 Å². The van der Waals surface area contributed by atoms with Gasteiger partial charge in [0.2, 0.25) is 5.91 Å². The van der Waals surface area contributed by atoms with Gasteiger partial charge in [-0.05, 0) is 24.9 Å². The Morgan fingerprint density at radius 1 is 1.37 bits per heavy atom. The predicted molar refractivity (Wildman–Crippen MR) is 121 cm³/mol. The van der Waals surface area contributed by atoms with Crippen LogP contribution in [0.15, 0.2) is 46.3 Å². The van der Waals surface area contributed by atoms with Crippen molar-refractivity contribution in [3.8, 4) is 0 Å². The number of β-lactam (4-membered cyclic amide) rings is 1. The number of likely N-dealkylation sites (tertiary alicyclic amines) is 1. The second kappa shape index (κ2) is 9.18. The molecule has 1 aromatic rings. The maximum absolute atomic E-state index is 12.5. The van der Waals surface area contributed by atoms with E-state index in [1.165, 1.54) is 22.2 Å². The molecular formula is C22H26N2O4S2. The monoisotopic (exact) mass is 446 g/mol. The van der Waals surface area contributed by atoms with Gasteiger partial charge >= 0.3 is 5.97 Å². The number of amides is 1. The van der Waals surface area contributed by atoms with Crippen molar-refractivity contribution in [3.63, 3.8) is 0 Å². The molecule has 2 N–H and O–H groups in total. The maximum Gasteiger partial charge on any atom is 0.354 e. The molecule has 4 rings (SSSR count). The molecular weight excluding hydrogens is 420 g/mol. The topological polar surface area (TPSA) is 81.1 Å². The lowest BCUT2D eigenvalue weighted by atomic mass is 9.90. The summed E-state index contributed by atoms with van der Waals surface area (Å²) in [7, 11) is 0. The summed E-state index contributed by atoms with van der Waals surface area (Å²) < 4.78 is 0.707. The number of fused-ring (bicyclic) bond motifs is 1. The van der Waals surface area contributed by atoms with Crippen molar-refractivity contribution < 1.29 is 19.8 Å². The molecule has 1 unspecified atom stereocenters. The molecule has 8 heteroatoms. The highest BCUT2D eigenvalue weighted by Gasteiger charge is 2.58. The van der Waals surface area contributed by atoms with E-state index in [2.05, 4.69) is 29.2 Å². The Labute approximate surface area is 185 Å². The first-order valence-corrected chi connectivity index (χ1v) is 12.0. The molecule has 0 spiro atoms. The first-order chi connectivity index (χ1) is 14.5. The lowest BCUT2D eigenvalue weighted by molar-refractivity contribution is -0.157. The van der Waals surface area contributed by atoms with Gasteiger partial charge < -0.3 is 10.2 Å². The quantitative estimate of drug-likeness (QED) is 0.594. The van der Waals surface area contributed by atoms with E-state index < -0.39 is 18.0 Å². The normalized spacial score (nSPS) is 27.6. The third kappa shape index (κ3) is 4.19. The minimum atomic E-state index is -1.06. The molecule has 1 amide bonds. The van der Waals surface area contributed by atoms with E-state index in [0.29, 0.717) is 15.9 Å². The fourth-order valence-corrected chi connectivity index (χ4v) is 7.42. The van der Waals surface area contributed by atoms with E-state index in [1.54, 1.807) is 11.8 Å². The summed E-state index contributed by atoms with van der Waals surface area (Å²) in [5.41, 5.74) is 1.28. The van der Waals surface area contributed by atoms with Crippen LogP contribution in [0.1, 0.15) is 25.3 Å². The number of rotatable bonds is 8. The first-order valence-electron chi connectivity index (χ1n) is 10.3. The number of aliphatic carboxylic acids is 1. The number of carbonyl (C=O) groups is 2. The number of carboxylic acid groups (broad SMARTS) is 1. The molecule has 0 bridgehead atoms. The van der Waals surface area contributed by atoms with Crippen molar-refractivity contribution in [2.24, 2.45) is 5.92 Å². The van der Waals surface area contributed by atoms with Crippen LogP contribution in [0, 0.1) is 5.92 Å². The van der Waals surface area contributed by atoms with E-state index in [1.807, 2.05) is 25.1 Å². The Morgan fingerprint density at radius 3 is 2.83 bits per heavy atom.